The van der Waals surface area contributed by atoms with E-state index in [2.05, 4.69) is 29.2 Å². The van der Waals surface area contributed by atoms with Gasteiger partial charge in [-0.15, -0.1) is 0 Å². The van der Waals surface area contributed by atoms with Crippen molar-refractivity contribution in [1.29, 1.82) is 0 Å². The van der Waals surface area contributed by atoms with Crippen molar-refractivity contribution in [2.75, 3.05) is 86.5 Å². The molecule has 8 nitrogen and oxygen atoms in total. The Morgan fingerprint density at radius 1 is 1.06 bits per heavy atom. The number of hydrogen-bond donors (Lipinski definition) is 2. The van der Waals surface area contributed by atoms with Crippen molar-refractivity contribution in [2.45, 2.75) is 19.3 Å². The third-order valence-electron chi connectivity index (χ3n) is 6.20. The van der Waals surface area contributed by atoms with Crippen LogP contribution in [-0.4, -0.2) is 97.3 Å². The first-order chi connectivity index (χ1) is 17.5. The van der Waals surface area contributed by atoms with Crippen LogP contribution >= 0.6 is 0 Å². The molecule has 1 amide bonds. The first-order valence-corrected chi connectivity index (χ1v) is 12.9. The summed E-state index contributed by atoms with van der Waals surface area (Å²) in [6, 6.07) is 5.00. The lowest BCUT2D eigenvalue weighted by Crippen LogP contribution is -2.39. The molecular weight excluding hydrogens is 465 g/mol. The van der Waals surface area contributed by atoms with Crippen molar-refractivity contribution in [2.24, 2.45) is 11.8 Å². The second-order valence-corrected chi connectivity index (χ2v) is 9.22. The minimum Gasteiger partial charge on any atom is -0.497 e. The lowest BCUT2D eigenvalue weighted by molar-refractivity contribution is -0.116. The van der Waals surface area contributed by atoms with Crippen LogP contribution in [0.15, 0.2) is 30.9 Å². The molecule has 0 aliphatic carbocycles. The van der Waals surface area contributed by atoms with Crippen molar-refractivity contribution in [3.05, 3.63) is 42.2 Å². The van der Waals surface area contributed by atoms with E-state index in [9.17, 15) is 9.18 Å². The van der Waals surface area contributed by atoms with Gasteiger partial charge in [0, 0.05) is 26.2 Å². The summed E-state index contributed by atoms with van der Waals surface area (Å²) in [4.78, 5) is 13.3. The average Bonchev–Trinajstić information content (AvgIpc) is 2.87. The Balaban J connectivity index is 1.46. The molecule has 0 bridgehead atoms. The van der Waals surface area contributed by atoms with Crippen molar-refractivity contribution in [3.8, 4) is 5.75 Å². The summed E-state index contributed by atoms with van der Waals surface area (Å²) in [6.07, 6.45) is 4.19. The standard InChI is InChI=1S/C27H44FN3O5/c1-4-27(32)30-10-12-35-14-16-36-15-13-34-11-9-29-8-7-22-17-23(21-31(2)20-22)18-24-19-25(33-3)5-6-26(24)28/h4-6,19,22-23,29H,1,7-18,20-21H2,2-3H3,(H,30,32)/t22-,23+/m0/s1. The number of piperidine rings is 1. The monoisotopic (exact) mass is 509 g/mol. The summed E-state index contributed by atoms with van der Waals surface area (Å²) in [5, 5.41) is 6.10. The first-order valence-electron chi connectivity index (χ1n) is 12.9. The molecule has 0 radical (unpaired) electrons. The van der Waals surface area contributed by atoms with Gasteiger partial charge in [-0.25, -0.2) is 4.39 Å². The molecule has 9 heteroatoms. The van der Waals surface area contributed by atoms with Crippen molar-refractivity contribution in [1.82, 2.24) is 15.5 Å². The fourth-order valence-electron chi connectivity index (χ4n) is 4.52. The highest BCUT2D eigenvalue weighted by Gasteiger charge is 2.26. The van der Waals surface area contributed by atoms with Crippen LogP contribution in [-0.2, 0) is 25.4 Å². The maximum Gasteiger partial charge on any atom is 0.243 e. The van der Waals surface area contributed by atoms with E-state index in [0.717, 1.165) is 51.0 Å². The molecule has 0 saturated carbocycles. The lowest BCUT2D eigenvalue weighted by Gasteiger charge is -2.36. The molecule has 1 aliphatic rings. The number of hydrogen-bond acceptors (Lipinski definition) is 7. The topological polar surface area (TPSA) is 81.3 Å². The van der Waals surface area contributed by atoms with Crippen molar-refractivity contribution >= 4 is 5.91 Å². The molecule has 1 aromatic rings. The molecule has 1 heterocycles. The summed E-state index contributed by atoms with van der Waals surface area (Å²) >= 11 is 0. The number of benzene rings is 1. The van der Waals surface area contributed by atoms with Crippen LogP contribution in [0.25, 0.3) is 0 Å². The van der Waals surface area contributed by atoms with Crippen LogP contribution < -0.4 is 15.4 Å². The van der Waals surface area contributed by atoms with Crippen LogP contribution in [0, 0.1) is 17.7 Å². The number of likely N-dealkylation sites (tertiary alicyclic amines) is 1. The predicted molar refractivity (Wildman–Crippen MR) is 139 cm³/mol. The summed E-state index contributed by atoms with van der Waals surface area (Å²) in [7, 11) is 3.77. The molecule has 2 atom stereocenters. The molecule has 1 fully saturated rings. The molecule has 0 aromatic heterocycles. The zero-order valence-electron chi connectivity index (χ0n) is 21.9. The highest BCUT2D eigenvalue weighted by atomic mass is 19.1. The number of nitrogens with one attached hydrogen (secondary N) is 2. The number of methoxy groups -OCH3 is 1. The molecule has 2 rings (SSSR count). The smallest absolute Gasteiger partial charge is 0.243 e. The minimum absolute atomic E-state index is 0.146. The molecule has 204 valence electrons. The van der Waals surface area contributed by atoms with Crippen LogP contribution in [0.1, 0.15) is 18.4 Å². The highest BCUT2D eigenvalue weighted by Crippen LogP contribution is 2.28. The van der Waals surface area contributed by atoms with E-state index < -0.39 is 0 Å². The number of carbonyl (C=O) groups is 1. The quantitative estimate of drug-likeness (QED) is 0.219. The number of carbonyl (C=O) groups excluding carboxylic acids is 1. The van der Waals surface area contributed by atoms with E-state index in [1.165, 1.54) is 12.1 Å². The fraction of sp³-hybridized carbons (Fsp3) is 0.667. The Morgan fingerprint density at radius 2 is 1.72 bits per heavy atom. The molecule has 1 aromatic carbocycles. The molecule has 36 heavy (non-hydrogen) atoms. The number of nitrogens with zero attached hydrogens (tertiary/aromatic N) is 1. The van der Waals surface area contributed by atoms with E-state index in [1.54, 1.807) is 13.2 Å². The van der Waals surface area contributed by atoms with Crippen molar-refractivity contribution in [3.63, 3.8) is 0 Å². The van der Waals surface area contributed by atoms with Gasteiger partial charge in [0.15, 0.2) is 0 Å². The van der Waals surface area contributed by atoms with Crippen LogP contribution in [0.3, 0.4) is 0 Å². The van der Waals surface area contributed by atoms with E-state index in [1.807, 2.05) is 6.07 Å². The number of ether oxygens (including phenoxy) is 4. The predicted octanol–water partition coefficient (Wildman–Crippen LogP) is 2.28. The SMILES string of the molecule is C=CC(=O)NCCOCCOCCOCCNCC[C@H]1C[C@H](Cc2cc(OC)ccc2F)CN(C)C1. The van der Waals surface area contributed by atoms with E-state index >= 15 is 0 Å². The summed E-state index contributed by atoms with van der Waals surface area (Å²) in [5.41, 5.74) is 0.745. The maximum atomic E-state index is 14.3. The lowest BCUT2D eigenvalue weighted by atomic mass is 9.83. The Bertz CT molecular complexity index is 767. The summed E-state index contributed by atoms with van der Waals surface area (Å²) < 4.78 is 36.0. The Hall–Kier alpha value is -2.04. The van der Waals surface area contributed by atoms with Gasteiger partial charge in [0.25, 0.3) is 0 Å². The molecule has 2 N–H and O–H groups in total. The molecule has 1 aliphatic heterocycles. The fourth-order valence-corrected chi connectivity index (χ4v) is 4.52. The van der Waals surface area contributed by atoms with Gasteiger partial charge in [0.2, 0.25) is 5.91 Å². The van der Waals surface area contributed by atoms with Crippen LogP contribution in [0.2, 0.25) is 0 Å². The van der Waals surface area contributed by atoms with Crippen LogP contribution in [0.5, 0.6) is 5.75 Å². The Labute approximate surface area is 215 Å². The Morgan fingerprint density at radius 3 is 2.42 bits per heavy atom. The van der Waals surface area contributed by atoms with E-state index in [0.29, 0.717) is 63.8 Å². The second kappa shape index (κ2) is 18.2. The summed E-state index contributed by atoms with van der Waals surface area (Å²) in [5.74, 6) is 1.41. The third-order valence-corrected chi connectivity index (χ3v) is 6.20. The average molecular weight is 510 g/mol. The molecule has 1 saturated heterocycles. The van der Waals surface area contributed by atoms with Gasteiger partial charge in [-0.1, -0.05) is 6.58 Å². The Kier molecular flexibility index (Phi) is 15.3. The van der Waals surface area contributed by atoms with Gasteiger partial charge in [-0.2, -0.15) is 0 Å². The number of rotatable bonds is 19. The largest absolute Gasteiger partial charge is 0.497 e. The number of amides is 1. The van der Waals surface area contributed by atoms with Crippen molar-refractivity contribution < 1.29 is 28.1 Å². The van der Waals surface area contributed by atoms with E-state index in [4.69, 9.17) is 18.9 Å². The second-order valence-electron chi connectivity index (χ2n) is 9.22. The summed E-state index contributed by atoms with van der Waals surface area (Å²) in [6.45, 7) is 10.8. The zero-order valence-corrected chi connectivity index (χ0v) is 21.9. The van der Waals surface area contributed by atoms with Crippen LogP contribution in [0.4, 0.5) is 4.39 Å². The maximum absolute atomic E-state index is 14.3. The zero-order chi connectivity index (χ0) is 26.0. The minimum atomic E-state index is -0.199. The highest BCUT2D eigenvalue weighted by molar-refractivity contribution is 5.86. The van der Waals surface area contributed by atoms with Gasteiger partial charge >= 0.3 is 0 Å². The van der Waals surface area contributed by atoms with Gasteiger partial charge in [0.05, 0.1) is 46.8 Å². The molecular formula is C27H44FN3O5. The third kappa shape index (κ3) is 12.8. The van der Waals surface area contributed by atoms with Gasteiger partial charge < -0.3 is 34.5 Å². The number of halogens is 1. The van der Waals surface area contributed by atoms with E-state index in [-0.39, 0.29) is 11.7 Å². The molecule has 0 unspecified atom stereocenters. The van der Waals surface area contributed by atoms with Gasteiger partial charge in [0.1, 0.15) is 11.6 Å². The first kappa shape index (κ1) is 30.2. The van der Waals surface area contributed by atoms with Gasteiger partial charge in [-0.3, -0.25) is 4.79 Å². The molecule has 0 spiro atoms. The normalized spacial score (nSPS) is 18.2. The van der Waals surface area contributed by atoms with Gasteiger partial charge in [-0.05, 0) is 74.5 Å².